The van der Waals surface area contributed by atoms with Crippen molar-refractivity contribution < 1.29 is 4.89 Å². The van der Waals surface area contributed by atoms with Crippen LogP contribution >= 0.6 is 6.83 Å². The van der Waals surface area contributed by atoms with Gasteiger partial charge >= 0.3 is 108 Å². The average Bonchev–Trinajstić information content (AvgIpc) is 2.87. The van der Waals surface area contributed by atoms with Gasteiger partial charge in [0.2, 0.25) is 0 Å². The number of benzene rings is 2. The van der Waals surface area contributed by atoms with Crippen LogP contribution in [0, 0.1) is 0 Å². The summed E-state index contributed by atoms with van der Waals surface area (Å²) in [5.41, 5.74) is 0. The molecule has 0 amide bonds. The SMILES string of the molecule is OP1(c2ccccc2)(c2ccccc2)CCCC1. The molecule has 0 saturated carbocycles. The first-order chi connectivity index (χ1) is 8.73. The zero-order valence-corrected chi connectivity index (χ0v) is 11.4. The van der Waals surface area contributed by atoms with E-state index in [2.05, 4.69) is 24.3 Å². The van der Waals surface area contributed by atoms with Crippen molar-refractivity contribution in [2.24, 2.45) is 0 Å². The zero-order chi connectivity index (χ0) is 12.5. The fourth-order valence-corrected chi connectivity index (χ4v) is 8.36. The number of hydrogen-bond acceptors (Lipinski definition) is 1. The number of hydrogen-bond donors (Lipinski definition) is 1. The molecule has 0 atom stereocenters. The molecule has 2 heteroatoms. The van der Waals surface area contributed by atoms with E-state index in [-0.39, 0.29) is 0 Å². The van der Waals surface area contributed by atoms with Crippen molar-refractivity contribution in [2.75, 3.05) is 12.3 Å². The molecule has 1 aliphatic heterocycles. The summed E-state index contributed by atoms with van der Waals surface area (Å²) < 4.78 is 0. The normalized spacial score (nSPS) is 23.1. The van der Waals surface area contributed by atoms with Crippen LogP contribution < -0.4 is 10.6 Å². The first kappa shape index (κ1) is 11.9. The van der Waals surface area contributed by atoms with E-state index >= 15 is 0 Å². The summed E-state index contributed by atoms with van der Waals surface area (Å²) in [6, 6.07) is 20.6. The van der Waals surface area contributed by atoms with E-state index in [0.717, 1.165) is 35.8 Å². The molecule has 1 aliphatic rings. The quantitative estimate of drug-likeness (QED) is 0.821. The van der Waals surface area contributed by atoms with Gasteiger partial charge in [-0.25, -0.2) is 0 Å². The zero-order valence-electron chi connectivity index (χ0n) is 10.5. The maximum atomic E-state index is 11.7. The van der Waals surface area contributed by atoms with Crippen LogP contribution in [0.4, 0.5) is 0 Å². The van der Waals surface area contributed by atoms with Crippen molar-refractivity contribution in [3.63, 3.8) is 0 Å². The standard InChI is InChI=1S/C16H19OP/c17-18(13-7-8-14-18,15-9-3-1-4-10-15)16-11-5-2-6-12-16/h1-6,9-12,17H,7-8,13-14H2. The Morgan fingerprint density at radius 1 is 0.667 bits per heavy atom. The minimum atomic E-state index is -2.87. The van der Waals surface area contributed by atoms with Gasteiger partial charge in [-0.15, -0.1) is 0 Å². The van der Waals surface area contributed by atoms with Gasteiger partial charge in [-0.3, -0.25) is 0 Å². The predicted molar refractivity (Wildman–Crippen MR) is 80.3 cm³/mol. The maximum absolute atomic E-state index is 11.7. The Balaban J connectivity index is 2.24. The van der Waals surface area contributed by atoms with Gasteiger partial charge in [0.1, 0.15) is 0 Å². The third-order valence-electron chi connectivity index (χ3n) is 4.26. The molecule has 3 rings (SSSR count). The van der Waals surface area contributed by atoms with Gasteiger partial charge in [-0.2, -0.15) is 0 Å². The first-order valence-corrected chi connectivity index (χ1v) is 9.16. The summed E-state index contributed by atoms with van der Waals surface area (Å²) in [5.74, 6) is 0. The van der Waals surface area contributed by atoms with Crippen molar-refractivity contribution >= 4 is 17.4 Å². The van der Waals surface area contributed by atoms with Crippen LogP contribution in [0.2, 0.25) is 0 Å². The molecular formula is C16H19OP. The molecule has 1 saturated heterocycles. The van der Waals surface area contributed by atoms with Gasteiger partial charge in [-0.1, -0.05) is 0 Å². The van der Waals surface area contributed by atoms with Gasteiger partial charge in [0.25, 0.3) is 0 Å². The molecule has 2 aromatic rings. The van der Waals surface area contributed by atoms with Crippen molar-refractivity contribution in [3.05, 3.63) is 60.7 Å². The molecule has 0 spiro atoms. The Morgan fingerprint density at radius 2 is 1.06 bits per heavy atom. The van der Waals surface area contributed by atoms with Gasteiger partial charge in [0.15, 0.2) is 0 Å². The molecule has 0 aliphatic carbocycles. The fourth-order valence-electron chi connectivity index (χ4n) is 3.24. The predicted octanol–water partition coefficient (Wildman–Crippen LogP) is 2.89. The van der Waals surface area contributed by atoms with Crippen LogP contribution in [0.5, 0.6) is 0 Å². The Hall–Kier alpha value is -1.17. The molecule has 0 unspecified atom stereocenters. The molecule has 0 aromatic heterocycles. The van der Waals surface area contributed by atoms with E-state index in [9.17, 15) is 4.89 Å². The molecule has 0 bridgehead atoms. The summed E-state index contributed by atoms with van der Waals surface area (Å²) in [5, 5.41) is 2.32. The molecule has 2 aromatic carbocycles. The van der Waals surface area contributed by atoms with Gasteiger partial charge < -0.3 is 0 Å². The molecule has 1 nitrogen and oxygen atoms in total. The molecule has 1 fully saturated rings. The van der Waals surface area contributed by atoms with E-state index in [1.165, 1.54) is 0 Å². The summed E-state index contributed by atoms with van der Waals surface area (Å²) in [6.45, 7) is -2.87. The van der Waals surface area contributed by atoms with Crippen LogP contribution in [0.3, 0.4) is 0 Å². The Morgan fingerprint density at radius 3 is 1.44 bits per heavy atom. The minimum absolute atomic E-state index is 0.944. The average molecular weight is 258 g/mol. The third kappa shape index (κ3) is 1.62. The van der Waals surface area contributed by atoms with Crippen molar-refractivity contribution in [1.29, 1.82) is 0 Å². The Labute approximate surface area is 108 Å². The van der Waals surface area contributed by atoms with Crippen LogP contribution in [0.15, 0.2) is 60.7 Å². The Bertz CT molecular complexity index is 486. The van der Waals surface area contributed by atoms with E-state index in [0.29, 0.717) is 0 Å². The second-order valence-electron chi connectivity index (χ2n) is 5.28. The Kier molecular flexibility index (Phi) is 2.77. The van der Waals surface area contributed by atoms with Gasteiger partial charge in [0.05, 0.1) is 0 Å². The van der Waals surface area contributed by atoms with E-state index < -0.39 is 6.83 Å². The van der Waals surface area contributed by atoms with Crippen molar-refractivity contribution in [3.8, 4) is 0 Å². The number of rotatable bonds is 2. The van der Waals surface area contributed by atoms with E-state index in [4.69, 9.17) is 0 Å². The topological polar surface area (TPSA) is 20.2 Å². The molecular weight excluding hydrogens is 239 g/mol. The summed E-state index contributed by atoms with van der Waals surface area (Å²) in [7, 11) is 0. The fraction of sp³-hybridized carbons (Fsp3) is 0.250. The van der Waals surface area contributed by atoms with E-state index in [1.807, 2.05) is 36.4 Å². The molecule has 1 heterocycles. The molecule has 18 heavy (non-hydrogen) atoms. The van der Waals surface area contributed by atoms with E-state index in [1.54, 1.807) is 0 Å². The van der Waals surface area contributed by atoms with Crippen LogP contribution in [0.1, 0.15) is 12.8 Å². The summed E-state index contributed by atoms with van der Waals surface area (Å²) in [6.07, 6.45) is 4.16. The summed E-state index contributed by atoms with van der Waals surface area (Å²) in [4.78, 5) is 11.7. The van der Waals surface area contributed by atoms with Crippen molar-refractivity contribution in [1.82, 2.24) is 0 Å². The second kappa shape index (κ2) is 4.19. The molecule has 1 N–H and O–H groups in total. The van der Waals surface area contributed by atoms with Crippen molar-refractivity contribution in [2.45, 2.75) is 12.8 Å². The molecule has 0 radical (unpaired) electrons. The van der Waals surface area contributed by atoms with Crippen LogP contribution in [-0.2, 0) is 0 Å². The van der Waals surface area contributed by atoms with Crippen LogP contribution in [-0.4, -0.2) is 17.2 Å². The first-order valence-electron chi connectivity index (χ1n) is 6.60. The summed E-state index contributed by atoms with van der Waals surface area (Å²) >= 11 is 0. The third-order valence-corrected chi connectivity index (χ3v) is 9.86. The van der Waals surface area contributed by atoms with Crippen LogP contribution in [0.25, 0.3) is 0 Å². The van der Waals surface area contributed by atoms with Gasteiger partial charge in [-0.05, 0) is 0 Å². The second-order valence-corrected chi connectivity index (χ2v) is 10.1. The monoisotopic (exact) mass is 258 g/mol. The van der Waals surface area contributed by atoms with Gasteiger partial charge in [0, 0.05) is 0 Å². The molecule has 94 valence electrons.